The Bertz CT molecular complexity index is 388. The lowest BCUT2D eigenvalue weighted by molar-refractivity contribution is 0.666. The third-order valence-electron chi connectivity index (χ3n) is 3.57. The Morgan fingerprint density at radius 3 is 2.83 bits per heavy atom. The third kappa shape index (κ3) is 3.19. The van der Waals surface area contributed by atoms with Crippen LogP contribution in [-0.4, -0.2) is 30.1 Å². The molecule has 0 spiro atoms. The van der Waals surface area contributed by atoms with Gasteiger partial charge in [-0.1, -0.05) is 0 Å². The maximum atomic E-state index is 5.83. The molecule has 1 saturated carbocycles. The van der Waals surface area contributed by atoms with Crippen molar-refractivity contribution in [1.29, 1.82) is 0 Å². The molecule has 1 fully saturated rings. The third-order valence-corrected chi connectivity index (χ3v) is 5.40. The quantitative estimate of drug-likeness (QED) is 0.836. The number of hydrogen-bond donors (Lipinski definition) is 1. The highest BCUT2D eigenvalue weighted by atomic mass is 32.2. The van der Waals surface area contributed by atoms with Gasteiger partial charge in [0.15, 0.2) is 5.13 Å². The van der Waals surface area contributed by atoms with E-state index >= 15 is 0 Å². The largest absolute Gasteiger partial charge is 0.348 e. The molecule has 1 aliphatic rings. The summed E-state index contributed by atoms with van der Waals surface area (Å²) >= 11 is 3.69. The van der Waals surface area contributed by atoms with Gasteiger partial charge in [0.05, 0.1) is 5.69 Å². The monoisotopic (exact) mass is 285 g/mol. The van der Waals surface area contributed by atoms with Gasteiger partial charge >= 0.3 is 0 Å². The van der Waals surface area contributed by atoms with E-state index in [1.807, 2.05) is 11.8 Å². The van der Waals surface area contributed by atoms with Gasteiger partial charge < -0.3 is 10.6 Å². The Labute approximate surface area is 118 Å². The van der Waals surface area contributed by atoms with Gasteiger partial charge in [-0.15, -0.1) is 11.3 Å². The first kappa shape index (κ1) is 14.2. The molecule has 0 amide bonds. The molecule has 2 N–H and O–H groups in total. The minimum Gasteiger partial charge on any atom is -0.348 e. The number of nitrogens with zero attached hydrogens (tertiary/aromatic N) is 2. The van der Waals surface area contributed by atoms with Crippen molar-refractivity contribution in [1.82, 2.24) is 4.98 Å². The van der Waals surface area contributed by atoms with E-state index in [0.717, 1.165) is 5.13 Å². The summed E-state index contributed by atoms with van der Waals surface area (Å²) in [5.41, 5.74) is 7.11. The van der Waals surface area contributed by atoms with E-state index in [4.69, 9.17) is 10.7 Å². The van der Waals surface area contributed by atoms with E-state index < -0.39 is 0 Å². The van der Waals surface area contributed by atoms with Crippen molar-refractivity contribution in [2.45, 2.75) is 44.7 Å². The molecule has 1 aromatic heterocycles. The topological polar surface area (TPSA) is 42.2 Å². The van der Waals surface area contributed by atoms with E-state index in [1.165, 1.54) is 35.6 Å². The van der Waals surface area contributed by atoms with Gasteiger partial charge in [0.1, 0.15) is 0 Å². The number of thioether (sulfide) groups is 1. The van der Waals surface area contributed by atoms with Crippen LogP contribution in [0.5, 0.6) is 0 Å². The summed E-state index contributed by atoms with van der Waals surface area (Å²) in [5.74, 6) is 1.90. The second-order valence-corrected chi connectivity index (χ2v) is 7.07. The van der Waals surface area contributed by atoms with E-state index in [-0.39, 0.29) is 0 Å². The molecule has 2 rings (SSSR count). The van der Waals surface area contributed by atoms with Crippen LogP contribution < -0.4 is 10.6 Å². The molecule has 1 aromatic rings. The highest BCUT2D eigenvalue weighted by Crippen LogP contribution is 2.44. The van der Waals surface area contributed by atoms with Crippen molar-refractivity contribution in [2.24, 2.45) is 5.73 Å². The summed E-state index contributed by atoms with van der Waals surface area (Å²) in [5, 5.41) is 1.14. The average Bonchev–Trinajstić information content (AvgIpc) is 3.14. The maximum Gasteiger partial charge on any atom is 0.185 e. The SMILES string of the molecule is CSCCC(C)N(C)c1nc(C2CC2)c(CN)s1. The molecule has 0 bridgehead atoms. The Balaban J connectivity index is 2.07. The van der Waals surface area contributed by atoms with Crippen LogP contribution in [0.4, 0.5) is 5.13 Å². The van der Waals surface area contributed by atoms with Crippen molar-refractivity contribution in [3.63, 3.8) is 0 Å². The molecular weight excluding hydrogens is 262 g/mol. The lowest BCUT2D eigenvalue weighted by Gasteiger charge is -2.23. The molecule has 0 saturated heterocycles. The number of nitrogens with two attached hydrogens (primary N) is 1. The van der Waals surface area contributed by atoms with E-state index in [1.54, 1.807) is 11.3 Å². The van der Waals surface area contributed by atoms with Gasteiger partial charge in [0, 0.05) is 30.4 Å². The molecule has 5 heteroatoms. The summed E-state index contributed by atoms with van der Waals surface area (Å²) in [7, 11) is 2.15. The highest BCUT2D eigenvalue weighted by Gasteiger charge is 2.30. The Kier molecular flexibility index (Phi) is 4.92. The zero-order chi connectivity index (χ0) is 13.1. The van der Waals surface area contributed by atoms with E-state index in [0.29, 0.717) is 18.5 Å². The van der Waals surface area contributed by atoms with E-state index in [9.17, 15) is 0 Å². The molecule has 18 heavy (non-hydrogen) atoms. The van der Waals surface area contributed by atoms with Gasteiger partial charge in [-0.25, -0.2) is 4.98 Å². The van der Waals surface area contributed by atoms with Gasteiger partial charge in [-0.3, -0.25) is 0 Å². The van der Waals surface area contributed by atoms with Crippen molar-refractivity contribution in [2.75, 3.05) is 24.0 Å². The van der Waals surface area contributed by atoms with Crippen LogP contribution in [0.25, 0.3) is 0 Å². The average molecular weight is 285 g/mol. The second-order valence-electron chi connectivity index (χ2n) is 5.02. The van der Waals surface area contributed by atoms with Crippen LogP contribution in [0.15, 0.2) is 0 Å². The van der Waals surface area contributed by atoms with Gasteiger partial charge in [0.25, 0.3) is 0 Å². The Morgan fingerprint density at radius 1 is 1.56 bits per heavy atom. The zero-order valence-corrected chi connectivity index (χ0v) is 13.1. The molecule has 1 unspecified atom stereocenters. The fourth-order valence-corrected chi connectivity index (χ4v) is 3.66. The fraction of sp³-hybridized carbons (Fsp3) is 0.769. The van der Waals surface area contributed by atoms with Crippen molar-refractivity contribution < 1.29 is 0 Å². The summed E-state index contributed by atoms with van der Waals surface area (Å²) in [6, 6.07) is 0.543. The van der Waals surface area contributed by atoms with Gasteiger partial charge in [-0.05, 0) is 38.2 Å². The second kappa shape index (κ2) is 6.26. The molecule has 1 atom stereocenters. The molecule has 1 aliphatic carbocycles. The number of anilines is 1. The number of hydrogen-bond acceptors (Lipinski definition) is 5. The number of rotatable bonds is 7. The first-order valence-corrected chi connectivity index (χ1v) is 8.79. The smallest absolute Gasteiger partial charge is 0.185 e. The summed E-state index contributed by atoms with van der Waals surface area (Å²) < 4.78 is 0. The minimum atomic E-state index is 0.543. The lowest BCUT2D eigenvalue weighted by Crippen LogP contribution is -2.29. The molecule has 0 aromatic carbocycles. The highest BCUT2D eigenvalue weighted by molar-refractivity contribution is 7.98. The fourth-order valence-electron chi connectivity index (χ4n) is 1.99. The van der Waals surface area contributed by atoms with Crippen LogP contribution >= 0.6 is 23.1 Å². The molecular formula is C13H23N3S2. The minimum absolute atomic E-state index is 0.543. The molecule has 0 radical (unpaired) electrons. The van der Waals surface area contributed by atoms with Crippen LogP contribution in [0, 0.1) is 0 Å². The van der Waals surface area contributed by atoms with Crippen LogP contribution in [0.3, 0.4) is 0 Å². The predicted octanol–water partition coefficient (Wildman–Crippen LogP) is 3.06. The number of thiazole rings is 1. The van der Waals surface area contributed by atoms with Crippen molar-refractivity contribution in [3.8, 4) is 0 Å². The lowest BCUT2D eigenvalue weighted by atomic mass is 10.2. The summed E-state index contributed by atoms with van der Waals surface area (Å²) in [6.07, 6.45) is 5.95. The Morgan fingerprint density at radius 2 is 2.28 bits per heavy atom. The van der Waals surface area contributed by atoms with Crippen molar-refractivity contribution >= 4 is 28.2 Å². The molecule has 1 heterocycles. The maximum absolute atomic E-state index is 5.83. The first-order valence-electron chi connectivity index (χ1n) is 6.58. The molecule has 0 aliphatic heterocycles. The van der Waals surface area contributed by atoms with Crippen LogP contribution in [0.2, 0.25) is 0 Å². The molecule has 102 valence electrons. The summed E-state index contributed by atoms with van der Waals surface area (Å²) in [6.45, 7) is 2.91. The summed E-state index contributed by atoms with van der Waals surface area (Å²) in [4.78, 5) is 8.43. The zero-order valence-electron chi connectivity index (χ0n) is 11.5. The van der Waals surface area contributed by atoms with Gasteiger partial charge in [-0.2, -0.15) is 11.8 Å². The van der Waals surface area contributed by atoms with Gasteiger partial charge in [0.2, 0.25) is 0 Å². The standard InChI is InChI=1S/C13H23N3S2/c1-9(6-7-17-3)16(2)13-15-12(10-4-5-10)11(8-14)18-13/h9-10H,4-8,14H2,1-3H3. The predicted molar refractivity (Wildman–Crippen MR) is 82.8 cm³/mol. The molecule has 3 nitrogen and oxygen atoms in total. The first-order chi connectivity index (χ1) is 8.67. The Hall–Kier alpha value is -0.260. The van der Waals surface area contributed by atoms with Crippen molar-refractivity contribution in [3.05, 3.63) is 10.6 Å². The normalized spacial score (nSPS) is 16.9. The van der Waals surface area contributed by atoms with Crippen LogP contribution in [0.1, 0.15) is 42.7 Å². The number of aromatic nitrogens is 1. The van der Waals surface area contributed by atoms with Crippen LogP contribution in [-0.2, 0) is 6.54 Å². The van der Waals surface area contributed by atoms with E-state index in [2.05, 4.69) is 25.1 Å².